The second-order valence-corrected chi connectivity index (χ2v) is 8.96. The molecule has 0 bridgehead atoms. The van der Waals surface area contributed by atoms with E-state index >= 15 is 0 Å². The molecule has 1 unspecified atom stereocenters. The molecule has 1 aliphatic heterocycles. The van der Waals surface area contributed by atoms with Crippen LogP contribution in [0.15, 0.2) is 4.34 Å². The third-order valence-corrected chi connectivity index (χ3v) is 6.75. The van der Waals surface area contributed by atoms with Gasteiger partial charge in [-0.05, 0) is 39.0 Å². The number of carbonyl (C=O) groups is 2. The van der Waals surface area contributed by atoms with Gasteiger partial charge in [0, 0.05) is 12.3 Å². The minimum atomic E-state index is -0.530. The van der Waals surface area contributed by atoms with Crippen LogP contribution in [0.1, 0.15) is 50.0 Å². The number of amides is 1. The highest BCUT2D eigenvalue weighted by molar-refractivity contribution is 8.01. The Labute approximate surface area is 150 Å². The molecule has 2 fully saturated rings. The Morgan fingerprint density at radius 2 is 2.17 bits per heavy atom. The number of aromatic nitrogens is 2. The normalized spacial score (nSPS) is 22.5. The summed E-state index contributed by atoms with van der Waals surface area (Å²) < 4.78 is 6.56. The van der Waals surface area contributed by atoms with Crippen LogP contribution in [0.4, 0.5) is 0 Å². The third kappa shape index (κ3) is 4.08. The van der Waals surface area contributed by atoms with E-state index in [1.54, 1.807) is 23.1 Å². The summed E-state index contributed by atoms with van der Waals surface area (Å²) in [7, 11) is 0. The highest BCUT2D eigenvalue weighted by Crippen LogP contribution is 2.44. The average molecular weight is 370 g/mol. The van der Waals surface area contributed by atoms with E-state index in [9.17, 15) is 9.59 Å². The number of nitrogens with one attached hydrogen (secondary N) is 1. The summed E-state index contributed by atoms with van der Waals surface area (Å²) in [6.07, 6.45) is 5.97. The van der Waals surface area contributed by atoms with Gasteiger partial charge in [0.25, 0.3) is 0 Å². The summed E-state index contributed by atoms with van der Waals surface area (Å²) in [4.78, 5) is 24.3. The number of nitrogens with zero attached hydrogens (tertiary/aromatic N) is 2. The topological polar surface area (TPSA) is 81.2 Å². The fourth-order valence-corrected chi connectivity index (χ4v) is 5.35. The number of aryl methyl sites for hydroxylation is 1. The zero-order chi connectivity index (χ0) is 17.0. The molecule has 0 radical (unpaired) electrons. The van der Waals surface area contributed by atoms with E-state index < -0.39 is 5.60 Å². The van der Waals surface area contributed by atoms with Crippen LogP contribution >= 0.6 is 23.1 Å². The Kier molecular flexibility index (Phi) is 5.76. The molecular formula is C16H23N3O3S2. The van der Waals surface area contributed by atoms with Crippen molar-refractivity contribution < 1.29 is 14.3 Å². The van der Waals surface area contributed by atoms with Crippen LogP contribution < -0.4 is 5.32 Å². The van der Waals surface area contributed by atoms with Crippen molar-refractivity contribution in [3.05, 3.63) is 5.01 Å². The Morgan fingerprint density at radius 3 is 2.88 bits per heavy atom. The van der Waals surface area contributed by atoms with Crippen molar-refractivity contribution in [3.63, 3.8) is 0 Å². The van der Waals surface area contributed by atoms with Gasteiger partial charge in [-0.3, -0.25) is 9.59 Å². The highest BCUT2D eigenvalue weighted by Gasteiger charge is 2.52. The van der Waals surface area contributed by atoms with Crippen LogP contribution in [0.2, 0.25) is 0 Å². The molecule has 2 aliphatic rings. The zero-order valence-electron chi connectivity index (χ0n) is 13.9. The van der Waals surface area contributed by atoms with Gasteiger partial charge in [0.15, 0.2) is 4.34 Å². The van der Waals surface area contributed by atoms with E-state index in [0.717, 1.165) is 53.6 Å². The molecule has 8 heteroatoms. The van der Waals surface area contributed by atoms with Gasteiger partial charge in [-0.1, -0.05) is 29.5 Å². The van der Waals surface area contributed by atoms with Crippen molar-refractivity contribution in [2.45, 2.75) is 61.8 Å². The van der Waals surface area contributed by atoms with Crippen LogP contribution in [0.25, 0.3) is 0 Å². The number of rotatable bonds is 6. The Morgan fingerprint density at radius 1 is 1.38 bits per heavy atom. The summed E-state index contributed by atoms with van der Waals surface area (Å²) in [5.74, 6) is 0.322. The molecule has 3 rings (SSSR count). The van der Waals surface area contributed by atoms with E-state index in [4.69, 9.17) is 4.74 Å². The lowest BCUT2D eigenvalue weighted by Gasteiger charge is -2.36. The van der Waals surface area contributed by atoms with Crippen molar-refractivity contribution in [2.75, 3.05) is 12.3 Å². The highest BCUT2D eigenvalue weighted by atomic mass is 32.2. The first kappa shape index (κ1) is 17.7. The first-order valence-corrected chi connectivity index (χ1v) is 10.3. The minimum absolute atomic E-state index is 0.0282. The predicted octanol–water partition coefficient (Wildman–Crippen LogP) is 2.71. The Bertz CT molecular complexity index is 599. The van der Waals surface area contributed by atoms with Gasteiger partial charge in [-0.25, -0.2) is 0 Å². The molecule has 1 spiro atoms. The fraction of sp³-hybridized carbons (Fsp3) is 0.750. The molecule has 1 aliphatic carbocycles. The second-order valence-electron chi connectivity index (χ2n) is 6.44. The average Bonchev–Trinajstić information content (AvgIpc) is 3.11. The van der Waals surface area contributed by atoms with Gasteiger partial charge in [0.2, 0.25) is 5.91 Å². The van der Waals surface area contributed by atoms with Gasteiger partial charge in [0.05, 0.1) is 12.3 Å². The van der Waals surface area contributed by atoms with Crippen molar-refractivity contribution in [1.29, 1.82) is 0 Å². The molecule has 1 atom stereocenters. The van der Waals surface area contributed by atoms with Crippen LogP contribution in [-0.2, 0) is 14.3 Å². The van der Waals surface area contributed by atoms with Gasteiger partial charge < -0.3 is 10.1 Å². The molecule has 1 aromatic rings. The van der Waals surface area contributed by atoms with Crippen molar-refractivity contribution in [2.24, 2.45) is 5.92 Å². The van der Waals surface area contributed by atoms with E-state index in [1.165, 1.54) is 0 Å². The maximum Gasteiger partial charge on any atom is 0.307 e. The van der Waals surface area contributed by atoms with Crippen molar-refractivity contribution in [3.8, 4) is 0 Å². The maximum absolute atomic E-state index is 12.5. The largest absolute Gasteiger partial charge is 0.458 e. The summed E-state index contributed by atoms with van der Waals surface area (Å²) in [5.41, 5.74) is -0.530. The quantitative estimate of drug-likeness (QED) is 0.472. The van der Waals surface area contributed by atoms with Gasteiger partial charge in [-0.15, -0.1) is 10.2 Å². The first-order valence-electron chi connectivity index (χ1n) is 8.51. The predicted molar refractivity (Wildman–Crippen MR) is 93.0 cm³/mol. The molecule has 1 aromatic heterocycles. The van der Waals surface area contributed by atoms with Gasteiger partial charge >= 0.3 is 5.97 Å². The maximum atomic E-state index is 12.5. The van der Waals surface area contributed by atoms with Crippen LogP contribution in [0, 0.1) is 12.8 Å². The second kappa shape index (κ2) is 7.82. The standard InChI is InChI=1S/C16H23N3O3S2/c1-11-18-19-15(24-11)23-9-5-8-17-14(21)12-10-13(20)22-16(12)6-3-2-4-7-16/h12H,2-10H2,1H3,(H,17,21). The number of thioether (sulfide) groups is 1. The Balaban J connectivity index is 1.43. The lowest BCUT2D eigenvalue weighted by Crippen LogP contribution is -2.46. The number of esters is 1. The Hall–Kier alpha value is -1.15. The third-order valence-electron chi connectivity index (χ3n) is 4.69. The van der Waals surface area contributed by atoms with Crippen molar-refractivity contribution >= 4 is 35.0 Å². The van der Waals surface area contributed by atoms with Crippen LogP contribution in [-0.4, -0.2) is 40.0 Å². The number of hydrogen-bond donors (Lipinski definition) is 1. The van der Waals surface area contributed by atoms with E-state index in [1.807, 2.05) is 6.92 Å². The lowest BCUT2D eigenvalue weighted by molar-refractivity contribution is -0.153. The molecule has 1 amide bonds. The molecule has 1 saturated heterocycles. The van der Waals surface area contributed by atoms with E-state index in [0.29, 0.717) is 6.54 Å². The zero-order valence-corrected chi connectivity index (χ0v) is 15.5. The molecule has 132 valence electrons. The van der Waals surface area contributed by atoms with E-state index in [2.05, 4.69) is 15.5 Å². The van der Waals surface area contributed by atoms with Gasteiger partial charge in [0.1, 0.15) is 10.6 Å². The monoisotopic (exact) mass is 369 g/mol. The number of carbonyl (C=O) groups excluding carboxylic acids is 2. The number of hydrogen-bond acceptors (Lipinski definition) is 7. The smallest absolute Gasteiger partial charge is 0.307 e. The van der Waals surface area contributed by atoms with Crippen LogP contribution in [0.3, 0.4) is 0 Å². The van der Waals surface area contributed by atoms with Crippen molar-refractivity contribution in [1.82, 2.24) is 15.5 Å². The summed E-state index contributed by atoms with van der Waals surface area (Å²) in [6, 6.07) is 0. The van der Waals surface area contributed by atoms with Gasteiger partial charge in [-0.2, -0.15) is 0 Å². The fourth-order valence-electron chi connectivity index (χ4n) is 3.53. The number of ether oxygens (including phenoxy) is 1. The molecule has 24 heavy (non-hydrogen) atoms. The first-order chi connectivity index (χ1) is 11.6. The SMILES string of the molecule is Cc1nnc(SCCCNC(=O)C2CC(=O)OC23CCCCC3)s1. The summed E-state index contributed by atoms with van der Waals surface area (Å²) in [5, 5.41) is 12.0. The molecule has 1 saturated carbocycles. The molecule has 1 N–H and O–H groups in total. The lowest BCUT2D eigenvalue weighted by atomic mass is 9.75. The minimum Gasteiger partial charge on any atom is -0.458 e. The molecule has 6 nitrogen and oxygen atoms in total. The molecule has 0 aromatic carbocycles. The van der Waals surface area contributed by atoms with Crippen LogP contribution in [0.5, 0.6) is 0 Å². The molecule has 2 heterocycles. The molecular weight excluding hydrogens is 346 g/mol. The summed E-state index contributed by atoms with van der Waals surface area (Å²) in [6.45, 7) is 2.55. The van der Waals surface area contributed by atoms with E-state index in [-0.39, 0.29) is 24.2 Å². The summed E-state index contributed by atoms with van der Waals surface area (Å²) >= 11 is 3.25.